The summed E-state index contributed by atoms with van der Waals surface area (Å²) in [6.07, 6.45) is 3.68. The molecule has 18 heavy (non-hydrogen) atoms. The van der Waals surface area contributed by atoms with E-state index in [1.165, 1.54) is 26.2 Å². The maximum atomic E-state index is 11.3. The molecule has 1 aromatic carbocycles. The van der Waals surface area contributed by atoms with Crippen molar-refractivity contribution < 1.29 is 4.79 Å². The zero-order chi connectivity index (χ0) is 13.1. The quantitative estimate of drug-likeness (QED) is 0.790. The number of nitrogens with one attached hydrogen (secondary N) is 1. The summed E-state index contributed by atoms with van der Waals surface area (Å²) in [6, 6.07) is 6.23. The second-order valence-electron chi connectivity index (χ2n) is 5.00. The van der Waals surface area contributed by atoms with E-state index < -0.39 is 0 Å². The number of nitrogens with zero attached hydrogens (tertiary/aromatic N) is 1. The number of amides is 1. The third-order valence-electron chi connectivity index (χ3n) is 3.44. The van der Waals surface area contributed by atoms with E-state index in [0.29, 0.717) is 11.7 Å². The Hall–Kier alpha value is -1.71. The zero-order valence-electron chi connectivity index (χ0n) is 11.1. The number of rotatable bonds is 2. The lowest BCUT2D eigenvalue weighted by Crippen LogP contribution is -2.38. The lowest BCUT2D eigenvalue weighted by molar-refractivity contribution is -0.114. The van der Waals surface area contributed by atoms with E-state index in [2.05, 4.69) is 17.1 Å². The molecule has 4 nitrogen and oxygen atoms in total. The van der Waals surface area contributed by atoms with Crippen LogP contribution in [-0.4, -0.2) is 18.5 Å². The topological polar surface area (TPSA) is 58.4 Å². The normalized spacial score (nSPS) is 19.7. The van der Waals surface area contributed by atoms with Crippen LogP contribution in [0.3, 0.4) is 0 Å². The Morgan fingerprint density at radius 3 is 2.89 bits per heavy atom. The molecule has 1 heterocycles. The van der Waals surface area contributed by atoms with Gasteiger partial charge in [0.1, 0.15) is 0 Å². The van der Waals surface area contributed by atoms with Crippen molar-refractivity contribution >= 4 is 23.0 Å². The highest BCUT2D eigenvalue weighted by molar-refractivity contribution is 5.93. The predicted molar refractivity (Wildman–Crippen MR) is 75.8 cm³/mol. The Kier molecular flexibility index (Phi) is 3.75. The maximum absolute atomic E-state index is 11.3. The first-order valence-corrected chi connectivity index (χ1v) is 6.51. The molecule has 0 unspecified atom stereocenters. The minimum absolute atomic E-state index is 0.0634. The lowest BCUT2D eigenvalue weighted by atomic mass is 10.0. The lowest BCUT2D eigenvalue weighted by Gasteiger charge is -2.36. The summed E-state index contributed by atoms with van der Waals surface area (Å²) in [4.78, 5) is 13.6. The van der Waals surface area contributed by atoms with Gasteiger partial charge in [0.15, 0.2) is 0 Å². The number of nitrogens with two attached hydrogens (primary N) is 1. The molecule has 1 aliphatic rings. The van der Waals surface area contributed by atoms with E-state index in [9.17, 15) is 4.79 Å². The van der Waals surface area contributed by atoms with Gasteiger partial charge in [-0.15, -0.1) is 0 Å². The Bertz CT molecular complexity index is 445. The van der Waals surface area contributed by atoms with Gasteiger partial charge in [0.2, 0.25) is 5.91 Å². The molecule has 1 aliphatic heterocycles. The minimum atomic E-state index is -0.0634. The van der Waals surface area contributed by atoms with Crippen molar-refractivity contribution in [2.75, 3.05) is 22.5 Å². The number of hydrogen-bond acceptors (Lipinski definition) is 3. The molecule has 98 valence electrons. The van der Waals surface area contributed by atoms with E-state index in [-0.39, 0.29) is 5.91 Å². The molecule has 0 saturated carbocycles. The molecular weight excluding hydrogens is 226 g/mol. The first-order chi connectivity index (χ1) is 8.58. The summed E-state index contributed by atoms with van der Waals surface area (Å²) in [5.74, 6) is -0.0634. The molecule has 3 N–H and O–H groups in total. The van der Waals surface area contributed by atoms with Crippen molar-refractivity contribution in [3.8, 4) is 0 Å². The van der Waals surface area contributed by atoms with Crippen LogP contribution in [0.1, 0.15) is 33.1 Å². The van der Waals surface area contributed by atoms with Crippen molar-refractivity contribution in [2.45, 2.75) is 39.2 Å². The van der Waals surface area contributed by atoms with Crippen LogP contribution in [0.15, 0.2) is 18.2 Å². The Labute approximate surface area is 108 Å². The van der Waals surface area contributed by atoms with Gasteiger partial charge in [0, 0.05) is 25.2 Å². The first-order valence-electron chi connectivity index (χ1n) is 6.51. The summed E-state index contributed by atoms with van der Waals surface area (Å²) in [6.45, 7) is 4.79. The van der Waals surface area contributed by atoms with Gasteiger partial charge in [-0.05, 0) is 44.4 Å². The van der Waals surface area contributed by atoms with Gasteiger partial charge in [0.25, 0.3) is 0 Å². The van der Waals surface area contributed by atoms with Crippen LogP contribution in [0.5, 0.6) is 0 Å². The molecule has 0 radical (unpaired) electrons. The number of anilines is 3. The molecule has 0 bridgehead atoms. The van der Waals surface area contributed by atoms with Crippen LogP contribution in [0.25, 0.3) is 0 Å². The van der Waals surface area contributed by atoms with Crippen LogP contribution in [0.2, 0.25) is 0 Å². The fourth-order valence-electron chi connectivity index (χ4n) is 2.55. The molecule has 0 aliphatic carbocycles. The number of benzene rings is 1. The van der Waals surface area contributed by atoms with E-state index in [0.717, 1.165) is 17.9 Å². The third kappa shape index (κ3) is 2.75. The Morgan fingerprint density at radius 2 is 2.22 bits per heavy atom. The fraction of sp³-hybridized carbons (Fsp3) is 0.500. The fourth-order valence-corrected chi connectivity index (χ4v) is 2.55. The first kappa shape index (κ1) is 12.7. The van der Waals surface area contributed by atoms with Crippen LogP contribution >= 0.6 is 0 Å². The van der Waals surface area contributed by atoms with E-state index >= 15 is 0 Å². The largest absolute Gasteiger partial charge is 0.399 e. The zero-order valence-corrected chi connectivity index (χ0v) is 11.1. The highest BCUT2D eigenvalue weighted by Gasteiger charge is 2.21. The monoisotopic (exact) mass is 247 g/mol. The summed E-state index contributed by atoms with van der Waals surface area (Å²) >= 11 is 0. The van der Waals surface area contributed by atoms with Gasteiger partial charge < -0.3 is 16.0 Å². The Balaban J connectivity index is 2.32. The molecule has 1 fully saturated rings. The van der Waals surface area contributed by atoms with Gasteiger partial charge >= 0.3 is 0 Å². The average Bonchev–Trinajstić information content (AvgIpc) is 2.30. The highest BCUT2D eigenvalue weighted by atomic mass is 16.1. The molecule has 1 atom stereocenters. The minimum Gasteiger partial charge on any atom is -0.399 e. The second-order valence-corrected chi connectivity index (χ2v) is 5.00. The average molecular weight is 247 g/mol. The van der Waals surface area contributed by atoms with Crippen molar-refractivity contribution in [3.63, 3.8) is 0 Å². The standard InChI is InChI=1S/C14H21N3O/c1-10-5-3-4-8-17(10)14-7-6-12(15)9-13(14)16-11(2)18/h6-7,9-10H,3-5,8,15H2,1-2H3,(H,16,18)/t10-/m0/s1. The molecule has 0 aromatic heterocycles. The summed E-state index contributed by atoms with van der Waals surface area (Å²) < 4.78 is 0. The number of nitrogen functional groups attached to an aromatic ring is 1. The number of hydrogen-bond donors (Lipinski definition) is 2. The molecule has 2 rings (SSSR count). The highest BCUT2D eigenvalue weighted by Crippen LogP contribution is 2.32. The van der Waals surface area contributed by atoms with Crippen LogP contribution < -0.4 is 16.0 Å². The van der Waals surface area contributed by atoms with Crippen LogP contribution in [0.4, 0.5) is 17.1 Å². The smallest absolute Gasteiger partial charge is 0.221 e. The number of carbonyl (C=O) groups excluding carboxylic acids is 1. The van der Waals surface area contributed by atoms with Crippen molar-refractivity contribution in [1.29, 1.82) is 0 Å². The molecular formula is C14H21N3O. The van der Waals surface area contributed by atoms with Gasteiger partial charge in [-0.3, -0.25) is 4.79 Å². The van der Waals surface area contributed by atoms with E-state index in [1.54, 1.807) is 0 Å². The van der Waals surface area contributed by atoms with Crippen molar-refractivity contribution in [1.82, 2.24) is 0 Å². The summed E-state index contributed by atoms with van der Waals surface area (Å²) in [5, 5.41) is 2.87. The van der Waals surface area contributed by atoms with E-state index in [4.69, 9.17) is 5.73 Å². The number of piperidine rings is 1. The predicted octanol–water partition coefficient (Wildman–Crippen LogP) is 2.61. The SMILES string of the molecule is CC(=O)Nc1cc(N)ccc1N1CCCC[C@@H]1C. The van der Waals surface area contributed by atoms with Gasteiger partial charge in [-0.1, -0.05) is 0 Å². The van der Waals surface area contributed by atoms with E-state index in [1.807, 2.05) is 18.2 Å². The van der Waals surface area contributed by atoms with Crippen molar-refractivity contribution in [3.05, 3.63) is 18.2 Å². The molecule has 1 saturated heterocycles. The maximum Gasteiger partial charge on any atom is 0.221 e. The van der Waals surface area contributed by atoms with Crippen molar-refractivity contribution in [2.24, 2.45) is 0 Å². The molecule has 4 heteroatoms. The van der Waals surface area contributed by atoms with Gasteiger partial charge in [-0.2, -0.15) is 0 Å². The molecule has 0 spiro atoms. The summed E-state index contributed by atoms with van der Waals surface area (Å²) in [7, 11) is 0. The number of carbonyl (C=O) groups is 1. The van der Waals surface area contributed by atoms with Crippen LogP contribution in [0, 0.1) is 0 Å². The van der Waals surface area contributed by atoms with Gasteiger partial charge in [0.05, 0.1) is 11.4 Å². The Morgan fingerprint density at radius 1 is 1.44 bits per heavy atom. The van der Waals surface area contributed by atoms with Gasteiger partial charge in [-0.25, -0.2) is 0 Å². The summed E-state index contributed by atoms with van der Waals surface area (Å²) in [5.41, 5.74) is 8.36. The second kappa shape index (κ2) is 5.29. The third-order valence-corrected chi connectivity index (χ3v) is 3.44. The van der Waals surface area contributed by atoms with Crippen LogP contribution in [-0.2, 0) is 4.79 Å². The molecule has 1 aromatic rings. The molecule has 1 amide bonds.